The minimum atomic E-state index is 0.426. The third-order valence-electron chi connectivity index (χ3n) is 3.68. The molecule has 0 radical (unpaired) electrons. The Morgan fingerprint density at radius 2 is 1.74 bits per heavy atom. The van der Waals surface area contributed by atoms with Crippen LogP contribution < -0.4 is 5.32 Å². The van der Waals surface area contributed by atoms with Crippen molar-refractivity contribution in [2.45, 2.75) is 32.7 Å². The normalized spacial score (nSPS) is 12.4. The van der Waals surface area contributed by atoms with E-state index in [1.165, 1.54) is 16.7 Å². The van der Waals surface area contributed by atoms with Crippen molar-refractivity contribution in [1.82, 2.24) is 10.3 Å². The molecule has 19 heavy (non-hydrogen) atoms. The highest BCUT2D eigenvalue weighted by molar-refractivity contribution is 5.34. The highest BCUT2D eigenvalue weighted by Crippen LogP contribution is 2.16. The van der Waals surface area contributed by atoms with Gasteiger partial charge < -0.3 is 5.32 Å². The maximum Gasteiger partial charge on any atom is 0.0419 e. The summed E-state index contributed by atoms with van der Waals surface area (Å²) in [5.74, 6) is 0. The summed E-state index contributed by atoms with van der Waals surface area (Å²) in [4.78, 5) is 4.41. The average Bonchev–Trinajstić information content (AvgIpc) is 2.43. The lowest BCUT2D eigenvalue weighted by Crippen LogP contribution is -2.30. The highest BCUT2D eigenvalue weighted by atomic mass is 14.9. The molecule has 1 aromatic heterocycles. The van der Waals surface area contributed by atoms with Crippen LogP contribution in [-0.2, 0) is 12.8 Å². The van der Waals surface area contributed by atoms with Crippen molar-refractivity contribution in [3.05, 3.63) is 65.0 Å². The standard InChI is InChI=1S/C17H22N2/c1-13-7-6-8-14(2)17(13)12-16(18-3)11-15-9-4-5-10-19-15/h4-10,16,18H,11-12H2,1-3H3. The summed E-state index contributed by atoms with van der Waals surface area (Å²) in [6.45, 7) is 4.38. The van der Waals surface area contributed by atoms with Gasteiger partial charge in [-0.15, -0.1) is 0 Å². The lowest BCUT2D eigenvalue weighted by Gasteiger charge is -2.18. The Morgan fingerprint density at radius 3 is 2.32 bits per heavy atom. The lowest BCUT2D eigenvalue weighted by molar-refractivity contribution is 0.548. The Kier molecular flexibility index (Phi) is 4.69. The van der Waals surface area contributed by atoms with E-state index in [4.69, 9.17) is 0 Å². The van der Waals surface area contributed by atoms with Gasteiger partial charge in [-0.05, 0) is 56.1 Å². The molecule has 2 aromatic rings. The molecule has 2 rings (SSSR count). The molecular formula is C17H22N2. The summed E-state index contributed by atoms with van der Waals surface area (Å²) in [6, 6.07) is 13.0. The summed E-state index contributed by atoms with van der Waals surface area (Å²) in [7, 11) is 2.03. The third kappa shape index (κ3) is 3.65. The quantitative estimate of drug-likeness (QED) is 0.887. The first-order valence-corrected chi connectivity index (χ1v) is 6.83. The van der Waals surface area contributed by atoms with Gasteiger partial charge in [0.1, 0.15) is 0 Å². The Labute approximate surface area is 115 Å². The fourth-order valence-electron chi connectivity index (χ4n) is 2.46. The Hall–Kier alpha value is -1.67. The number of pyridine rings is 1. The molecule has 1 unspecified atom stereocenters. The lowest BCUT2D eigenvalue weighted by atomic mass is 9.94. The van der Waals surface area contributed by atoms with Crippen LogP contribution >= 0.6 is 0 Å². The molecule has 0 aliphatic rings. The maximum atomic E-state index is 4.41. The van der Waals surface area contributed by atoms with E-state index in [0.29, 0.717) is 6.04 Å². The summed E-state index contributed by atoms with van der Waals surface area (Å²) < 4.78 is 0. The number of rotatable bonds is 5. The van der Waals surface area contributed by atoms with Gasteiger partial charge in [-0.25, -0.2) is 0 Å². The summed E-state index contributed by atoms with van der Waals surface area (Å²) in [6.07, 6.45) is 3.87. The van der Waals surface area contributed by atoms with Crippen molar-refractivity contribution in [1.29, 1.82) is 0 Å². The van der Waals surface area contributed by atoms with Gasteiger partial charge in [-0.2, -0.15) is 0 Å². The van der Waals surface area contributed by atoms with Crippen molar-refractivity contribution in [2.75, 3.05) is 7.05 Å². The van der Waals surface area contributed by atoms with Crippen LogP contribution in [0.1, 0.15) is 22.4 Å². The van der Waals surface area contributed by atoms with Crippen LogP contribution in [0.25, 0.3) is 0 Å². The van der Waals surface area contributed by atoms with E-state index in [1.807, 2.05) is 25.4 Å². The molecule has 0 aliphatic heterocycles. The molecule has 0 amide bonds. The van der Waals surface area contributed by atoms with E-state index >= 15 is 0 Å². The van der Waals surface area contributed by atoms with Gasteiger partial charge in [0.15, 0.2) is 0 Å². The molecule has 100 valence electrons. The zero-order chi connectivity index (χ0) is 13.7. The first-order valence-electron chi connectivity index (χ1n) is 6.83. The largest absolute Gasteiger partial charge is 0.316 e. The summed E-state index contributed by atoms with van der Waals surface area (Å²) in [5.41, 5.74) is 5.36. The van der Waals surface area contributed by atoms with E-state index < -0.39 is 0 Å². The Balaban J connectivity index is 2.11. The minimum Gasteiger partial charge on any atom is -0.316 e. The number of aromatic nitrogens is 1. The number of benzene rings is 1. The topological polar surface area (TPSA) is 24.9 Å². The average molecular weight is 254 g/mol. The second kappa shape index (κ2) is 6.48. The molecule has 1 aromatic carbocycles. The van der Waals surface area contributed by atoms with Crippen LogP contribution in [-0.4, -0.2) is 18.1 Å². The fourth-order valence-corrected chi connectivity index (χ4v) is 2.46. The molecular weight excluding hydrogens is 232 g/mol. The van der Waals surface area contributed by atoms with Gasteiger partial charge in [0, 0.05) is 24.4 Å². The van der Waals surface area contributed by atoms with Gasteiger partial charge in [0.2, 0.25) is 0 Å². The number of nitrogens with one attached hydrogen (secondary N) is 1. The SMILES string of the molecule is CNC(Cc1ccccn1)Cc1c(C)cccc1C. The molecule has 0 saturated heterocycles. The number of hydrogen-bond donors (Lipinski definition) is 1. The second-order valence-electron chi connectivity index (χ2n) is 5.09. The zero-order valence-corrected chi connectivity index (χ0v) is 12.0. The molecule has 0 spiro atoms. The van der Waals surface area contributed by atoms with Crippen LogP contribution in [0, 0.1) is 13.8 Å². The van der Waals surface area contributed by atoms with E-state index in [0.717, 1.165) is 18.5 Å². The van der Waals surface area contributed by atoms with E-state index in [9.17, 15) is 0 Å². The molecule has 2 nitrogen and oxygen atoms in total. The van der Waals surface area contributed by atoms with Gasteiger partial charge in [-0.3, -0.25) is 4.98 Å². The van der Waals surface area contributed by atoms with Crippen molar-refractivity contribution in [2.24, 2.45) is 0 Å². The van der Waals surface area contributed by atoms with Gasteiger partial charge in [0.25, 0.3) is 0 Å². The van der Waals surface area contributed by atoms with Crippen LogP contribution in [0.3, 0.4) is 0 Å². The summed E-state index contributed by atoms with van der Waals surface area (Å²) in [5, 5.41) is 3.41. The second-order valence-corrected chi connectivity index (χ2v) is 5.09. The monoisotopic (exact) mass is 254 g/mol. The molecule has 0 fully saturated rings. The smallest absolute Gasteiger partial charge is 0.0419 e. The van der Waals surface area contributed by atoms with Crippen LogP contribution in [0.2, 0.25) is 0 Å². The Morgan fingerprint density at radius 1 is 1.00 bits per heavy atom. The third-order valence-corrected chi connectivity index (χ3v) is 3.68. The first-order chi connectivity index (χ1) is 9.20. The molecule has 1 heterocycles. The van der Waals surface area contributed by atoms with Crippen LogP contribution in [0.15, 0.2) is 42.6 Å². The first kappa shape index (κ1) is 13.8. The van der Waals surface area contributed by atoms with Crippen molar-refractivity contribution >= 4 is 0 Å². The van der Waals surface area contributed by atoms with Gasteiger partial charge >= 0.3 is 0 Å². The van der Waals surface area contributed by atoms with Gasteiger partial charge in [0.05, 0.1) is 0 Å². The number of nitrogens with zero attached hydrogens (tertiary/aromatic N) is 1. The van der Waals surface area contributed by atoms with Crippen LogP contribution in [0.4, 0.5) is 0 Å². The Bertz CT molecular complexity index is 500. The molecule has 1 N–H and O–H groups in total. The van der Waals surface area contributed by atoms with E-state index in [-0.39, 0.29) is 0 Å². The van der Waals surface area contributed by atoms with E-state index in [2.05, 4.69) is 48.4 Å². The minimum absolute atomic E-state index is 0.426. The number of hydrogen-bond acceptors (Lipinski definition) is 2. The molecule has 2 heteroatoms. The van der Waals surface area contributed by atoms with Crippen LogP contribution in [0.5, 0.6) is 0 Å². The van der Waals surface area contributed by atoms with Crippen molar-refractivity contribution in [3.63, 3.8) is 0 Å². The maximum absolute atomic E-state index is 4.41. The van der Waals surface area contributed by atoms with Crippen molar-refractivity contribution < 1.29 is 0 Å². The molecule has 0 bridgehead atoms. The van der Waals surface area contributed by atoms with E-state index in [1.54, 1.807) is 0 Å². The molecule has 1 atom stereocenters. The number of aryl methyl sites for hydroxylation is 2. The molecule has 0 saturated carbocycles. The predicted molar refractivity (Wildman–Crippen MR) is 80.4 cm³/mol. The fraction of sp³-hybridized carbons (Fsp3) is 0.353. The number of likely N-dealkylation sites (N-methyl/N-ethyl adjacent to an activating group) is 1. The zero-order valence-electron chi connectivity index (χ0n) is 12.0. The predicted octanol–water partition coefficient (Wildman–Crippen LogP) is 3.07. The highest BCUT2D eigenvalue weighted by Gasteiger charge is 2.12. The molecule has 0 aliphatic carbocycles. The van der Waals surface area contributed by atoms with Crippen molar-refractivity contribution in [3.8, 4) is 0 Å². The van der Waals surface area contributed by atoms with Gasteiger partial charge in [-0.1, -0.05) is 24.3 Å². The summed E-state index contributed by atoms with van der Waals surface area (Å²) >= 11 is 0.